The highest BCUT2D eigenvalue weighted by Gasteiger charge is 2.23. The van der Waals surface area contributed by atoms with Gasteiger partial charge in [0, 0.05) is 44.0 Å². The average Bonchev–Trinajstić information content (AvgIpc) is 3.77. The molecule has 0 saturated carbocycles. The van der Waals surface area contributed by atoms with Crippen LogP contribution in [-0.2, 0) is 0 Å². The van der Waals surface area contributed by atoms with Crippen LogP contribution in [0.25, 0.3) is 101 Å². The molecule has 0 atom stereocenters. The Bertz CT molecular complexity index is 2800. The van der Waals surface area contributed by atoms with Gasteiger partial charge in [-0.15, -0.1) is 0 Å². The van der Waals surface area contributed by atoms with Crippen LogP contribution in [0.4, 0.5) is 0 Å². The summed E-state index contributed by atoms with van der Waals surface area (Å²) in [7, 11) is 0. The Morgan fingerprint density at radius 1 is 0.380 bits per heavy atom. The molecule has 6 heteroatoms. The van der Waals surface area contributed by atoms with Crippen LogP contribution in [0.1, 0.15) is 0 Å². The number of furan rings is 2. The van der Waals surface area contributed by atoms with Gasteiger partial charge in [-0.25, -0.2) is 19.9 Å². The van der Waals surface area contributed by atoms with Gasteiger partial charge in [-0.3, -0.25) is 0 Å². The molecular formula is C44H26N4O2. The molecular weight excluding hydrogens is 617 g/mol. The van der Waals surface area contributed by atoms with Crippen molar-refractivity contribution in [2.24, 2.45) is 0 Å². The molecule has 0 spiro atoms. The van der Waals surface area contributed by atoms with Crippen molar-refractivity contribution in [3.8, 4) is 56.5 Å². The first-order chi connectivity index (χ1) is 24.8. The van der Waals surface area contributed by atoms with Gasteiger partial charge < -0.3 is 8.83 Å². The van der Waals surface area contributed by atoms with E-state index in [0.717, 1.165) is 72.0 Å². The fourth-order valence-corrected chi connectivity index (χ4v) is 6.79. The van der Waals surface area contributed by atoms with Gasteiger partial charge in [-0.05, 0) is 30.3 Å². The second kappa shape index (κ2) is 11.4. The van der Waals surface area contributed by atoms with E-state index >= 15 is 0 Å². The molecule has 0 amide bonds. The zero-order valence-corrected chi connectivity index (χ0v) is 26.6. The molecule has 10 rings (SSSR count). The van der Waals surface area contributed by atoms with Crippen molar-refractivity contribution in [3.05, 3.63) is 158 Å². The van der Waals surface area contributed by atoms with E-state index in [9.17, 15) is 0 Å². The van der Waals surface area contributed by atoms with Crippen molar-refractivity contribution in [2.45, 2.75) is 0 Å². The Labute approximate surface area is 286 Å². The number of hydrogen-bond acceptors (Lipinski definition) is 6. The number of benzene rings is 6. The van der Waals surface area contributed by atoms with Crippen LogP contribution in [0.15, 0.2) is 167 Å². The molecule has 0 unspecified atom stereocenters. The molecule has 0 aliphatic carbocycles. The van der Waals surface area contributed by atoms with Gasteiger partial charge in [0.15, 0.2) is 17.2 Å². The van der Waals surface area contributed by atoms with Crippen molar-refractivity contribution >= 4 is 44.0 Å². The monoisotopic (exact) mass is 642 g/mol. The van der Waals surface area contributed by atoms with Gasteiger partial charge in [0.25, 0.3) is 0 Å². The van der Waals surface area contributed by atoms with Crippen LogP contribution < -0.4 is 0 Å². The lowest BCUT2D eigenvalue weighted by Gasteiger charge is -2.10. The molecule has 4 aromatic heterocycles. The Morgan fingerprint density at radius 3 is 1.66 bits per heavy atom. The number of aromatic nitrogens is 4. The molecule has 10 aromatic rings. The van der Waals surface area contributed by atoms with Gasteiger partial charge in [0.05, 0.1) is 11.4 Å². The Balaban J connectivity index is 1.23. The van der Waals surface area contributed by atoms with Gasteiger partial charge in [0.1, 0.15) is 28.0 Å². The average molecular weight is 643 g/mol. The highest BCUT2D eigenvalue weighted by molar-refractivity contribution is 6.16. The van der Waals surface area contributed by atoms with Crippen LogP contribution in [-0.4, -0.2) is 19.9 Å². The Hall–Kier alpha value is -6.92. The summed E-state index contributed by atoms with van der Waals surface area (Å²) in [5.41, 5.74) is 10.6. The van der Waals surface area contributed by atoms with E-state index in [-0.39, 0.29) is 0 Å². The third-order valence-corrected chi connectivity index (χ3v) is 9.14. The molecule has 50 heavy (non-hydrogen) atoms. The van der Waals surface area contributed by atoms with E-state index in [1.807, 2.05) is 115 Å². The van der Waals surface area contributed by atoms with Crippen molar-refractivity contribution in [2.75, 3.05) is 0 Å². The van der Waals surface area contributed by atoms with E-state index in [1.54, 1.807) is 0 Å². The highest BCUT2D eigenvalue weighted by Crippen LogP contribution is 2.43. The fourth-order valence-electron chi connectivity index (χ4n) is 6.79. The maximum absolute atomic E-state index is 6.74. The third-order valence-electron chi connectivity index (χ3n) is 9.14. The van der Waals surface area contributed by atoms with Crippen LogP contribution in [0, 0.1) is 0 Å². The molecule has 0 bridgehead atoms. The van der Waals surface area contributed by atoms with Crippen LogP contribution in [0.3, 0.4) is 0 Å². The number of rotatable bonds is 5. The summed E-state index contributed by atoms with van der Waals surface area (Å²) >= 11 is 0. The largest absolute Gasteiger partial charge is 0.455 e. The minimum absolute atomic E-state index is 0.616. The molecule has 0 fully saturated rings. The molecule has 0 N–H and O–H groups in total. The topological polar surface area (TPSA) is 77.8 Å². The first-order valence-corrected chi connectivity index (χ1v) is 16.5. The van der Waals surface area contributed by atoms with Crippen molar-refractivity contribution in [1.29, 1.82) is 0 Å². The quantitative estimate of drug-likeness (QED) is 0.186. The van der Waals surface area contributed by atoms with Crippen LogP contribution in [0.2, 0.25) is 0 Å². The molecule has 4 heterocycles. The molecule has 6 aromatic carbocycles. The SMILES string of the molecule is c1ccc(-c2cc(-c3ccccc3)nc(-c3cccc4oc5c(-c6nc(-c7ccccc7)nc7c6oc6ccccc67)cccc5c34)n2)cc1. The summed E-state index contributed by atoms with van der Waals surface area (Å²) in [6.07, 6.45) is 0. The summed E-state index contributed by atoms with van der Waals surface area (Å²) in [4.78, 5) is 20.4. The maximum Gasteiger partial charge on any atom is 0.180 e. The number of hydrogen-bond donors (Lipinski definition) is 0. The van der Waals surface area contributed by atoms with Crippen LogP contribution >= 0.6 is 0 Å². The van der Waals surface area contributed by atoms with Gasteiger partial charge in [-0.1, -0.05) is 127 Å². The van der Waals surface area contributed by atoms with Crippen molar-refractivity contribution in [3.63, 3.8) is 0 Å². The highest BCUT2D eigenvalue weighted by atomic mass is 16.3. The summed E-state index contributed by atoms with van der Waals surface area (Å²) in [6, 6.07) is 52.7. The molecule has 6 nitrogen and oxygen atoms in total. The summed E-state index contributed by atoms with van der Waals surface area (Å²) < 4.78 is 13.2. The standard InChI is InChI=1S/C44H26N4O2/c1-4-14-27(15-5-1)34-26-35(28-16-6-2-7-17-28)46-44(45-34)32-22-13-25-37-38(32)31-21-12-23-33(41(31)50-37)40-42-39(30-20-10-11-24-36(30)49-42)47-43(48-40)29-18-8-3-9-19-29/h1-26H. The fraction of sp³-hybridized carbons (Fsp3) is 0. The predicted molar refractivity (Wildman–Crippen MR) is 199 cm³/mol. The lowest BCUT2D eigenvalue weighted by molar-refractivity contribution is 0.663. The number of nitrogens with zero attached hydrogens (tertiary/aromatic N) is 4. The molecule has 234 valence electrons. The normalized spacial score (nSPS) is 11.6. The number of para-hydroxylation sites is 2. The van der Waals surface area contributed by atoms with Gasteiger partial charge in [-0.2, -0.15) is 0 Å². The van der Waals surface area contributed by atoms with Gasteiger partial charge in [0.2, 0.25) is 0 Å². The van der Waals surface area contributed by atoms with E-state index in [4.69, 9.17) is 28.8 Å². The van der Waals surface area contributed by atoms with Gasteiger partial charge >= 0.3 is 0 Å². The lowest BCUT2D eigenvalue weighted by Crippen LogP contribution is -1.96. The summed E-state index contributed by atoms with van der Waals surface area (Å²) in [6.45, 7) is 0. The van der Waals surface area contributed by atoms with E-state index in [1.165, 1.54) is 0 Å². The second-order valence-corrected chi connectivity index (χ2v) is 12.2. The first-order valence-electron chi connectivity index (χ1n) is 16.5. The van der Waals surface area contributed by atoms with Crippen molar-refractivity contribution in [1.82, 2.24) is 19.9 Å². The Morgan fingerprint density at radius 2 is 0.940 bits per heavy atom. The summed E-state index contributed by atoms with van der Waals surface area (Å²) in [5.74, 6) is 1.24. The lowest BCUT2D eigenvalue weighted by atomic mass is 10.0. The third kappa shape index (κ3) is 4.58. The smallest absolute Gasteiger partial charge is 0.180 e. The molecule has 0 radical (unpaired) electrons. The molecule has 0 aliphatic heterocycles. The van der Waals surface area contributed by atoms with E-state index in [0.29, 0.717) is 28.5 Å². The maximum atomic E-state index is 6.74. The Kier molecular flexibility index (Phi) is 6.39. The molecule has 0 aliphatic rings. The minimum atomic E-state index is 0.616. The second-order valence-electron chi connectivity index (χ2n) is 12.2. The zero-order chi connectivity index (χ0) is 33.0. The van der Waals surface area contributed by atoms with Crippen molar-refractivity contribution < 1.29 is 8.83 Å². The molecule has 0 saturated heterocycles. The van der Waals surface area contributed by atoms with E-state index < -0.39 is 0 Å². The zero-order valence-electron chi connectivity index (χ0n) is 26.6. The van der Waals surface area contributed by atoms with Crippen LogP contribution in [0.5, 0.6) is 0 Å². The summed E-state index contributed by atoms with van der Waals surface area (Å²) in [5, 5.41) is 2.81. The van der Waals surface area contributed by atoms with E-state index in [2.05, 4.69) is 42.5 Å². The number of fused-ring (bicyclic) bond motifs is 6. The predicted octanol–water partition coefficient (Wildman–Crippen LogP) is 11.4. The first kappa shape index (κ1) is 28.1. The minimum Gasteiger partial charge on any atom is -0.455 e.